The summed E-state index contributed by atoms with van der Waals surface area (Å²) in [7, 11) is 0. The molecule has 0 saturated carbocycles. The Labute approximate surface area is 102 Å². The van der Waals surface area contributed by atoms with E-state index in [-0.39, 0.29) is 17.9 Å². The Morgan fingerprint density at radius 1 is 1.35 bits per heavy atom. The molecule has 0 radical (unpaired) electrons. The van der Waals surface area contributed by atoms with Gasteiger partial charge in [-0.05, 0) is 26.7 Å². The van der Waals surface area contributed by atoms with Gasteiger partial charge >= 0.3 is 5.97 Å². The first-order valence-electron chi connectivity index (χ1n) is 6.33. The maximum Gasteiger partial charge on any atom is 0.322 e. The fraction of sp³-hybridized carbons (Fsp3) is 0.833. The number of nitrogens with one attached hydrogen (secondary N) is 1. The van der Waals surface area contributed by atoms with Crippen molar-refractivity contribution in [1.29, 1.82) is 0 Å². The molecule has 1 aliphatic heterocycles. The number of amides is 1. The molecule has 5 nitrogen and oxygen atoms in total. The molecule has 1 atom stereocenters. The van der Waals surface area contributed by atoms with Crippen LogP contribution in [0, 0.1) is 0 Å². The van der Waals surface area contributed by atoms with E-state index in [4.69, 9.17) is 4.74 Å². The molecule has 1 heterocycles. The van der Waals surface area contributed by atoms with E-state index in [1.807, 2.05) is 4.90 Å². The first-order chi connectivity index (χ1) is 8.15. The predicted molar refractivity (Wildman–Crippen MR) is 64.5 cm³/mol. The zero-order valence-corrected chi connectivity index (χ0v) is 10.7. The lowest BCUT2D eigenvalue weighted by atomic mass is 10.3. The average Bonchev–Trinajstić information content (AvgIpc) is 2.82. The quantitative estimate of drug-likeness (QED) is 0.691. The lowest BCUT2D eigenvalue weighted by Gasteiger charge is -2.16. The van der Waals surface area contributed by atoms with Gasteiger partial charge in [-0.15, -0.1) is 0 Å². The van der Waals surface area contributed by atoms with Crippen molar-refractivity contribution in [3.63, 3.8) is 0 Å². The third kappa shape index (κ3) is 4.73. The van der Waals surface area contributed by atoms with E-state index in [1.165, 1.54) is 0 Å². The number of carbonyl (C=O) groups excluding carboxylic acids is 2. The Hall–Kier alpha value is -1.10. The van der Waals surface area contributed by atoms with Crippen molar-refractivity contribution in [3.8, 4) is 0 Å². The van der Waals surface area contributed by atoms with Gasteiger partial charge < -0.3 is 15.0 Å². The number of likely N-dealkylation sites (tertiary alicyclic amines) is 1. The van der Waals surface area contributed by atoms with Gasteiger partial charge in [0.1, 0.15) is 6.04 Å². The highest BCUT2D eigenvalue weighted by Gasteiger charge is 2.18. The normalized spacial score (nSPS) is 16.9. The van der Waals surface area contributed by atoms with Gasteiger partial charge in [-0.1, -0.05) is 0 Å². The topological polar surface area (TPSA) is 58.6 Å². The van der Waals surface area contributed by atoms with Crippen molar-refractivity contribution in [3.05, 3.63) is 0 Å². The molecule has 1 fully saturated rings. The van der Waals surface area contributed by atoms with Crippen LogP contribution in [0.25, 0.3) is 0 Å². The molecule has 0 aromatic heterocycles. The fourth-order valence-electron chi connectivity index (χ4n) is 1.87. The van der Waals surface area contributed by atoms with Crippen LogP contribution in [-0.4, -0.2) is 49.1 Å². The SMILES string of the molecule is CCOC(=O)C(C)NCCC(=O)N1CCCC1. The Morgan fingerprint density at radius 2 is 2.00 bits per heavy atom. The number of hydrogen-bond donors (Lipinski definition) is 1. The molecule has 1 N–H and O–H groups in total. The van der Waals surface area contributed by atoms with E-state index in [0.717, 1.165) is 25.9 Å². The summed E-state index contributed by atoms with van der Waals surface area (Å²) >= 11 is 0. The summed E-state index contributed by atoms with van der Waals surface area (Å²) < 4.78 is 4.86. The van der Waals surface area contributed by atoms with Gasteiger partial charge in [0, 0.05) is 26.1 Å². The molecule has 1 rings (SSSR count). The maximum absolute atomic E-state index is 11.7. The third-order valence-electron chi connectivity index (χ3n) is 2.89. The minimum atomic E-state index is -0.346. The van der Waals surface area contributed by atoms with Gasteiger partial charge in [0.25, 0.3) is 0 Å². The first-order valence-corrected chi connectivity index (χ1v) is 6.33. The Bertz CT molecular complexity index is 262. The van der Waals surface area contributed by atoms with E-state index in [0.29, 0.717) is 19.6 Å². The van der Waals surface area contributed by atoms with Crippen LogP contribution in [0.3, 0.4) is 0 Å². The molecule has 1 unspecified atom stereocenters. The molecule has 98 valence electrons. The molecule has 0 spiro atoms. The van der Waals surface area contributed by atoms with E-state index in [9.17, 15) is 9.59 Å². The molecular weight excluding hydrogens is 220 g/mol. The highest BCUT2D eigenvalue weighted by atomic mass is 16.5. The van der Waals surface area contributed by atoms with E-state index >= 15 is 0 Å². The smallest absolute Gasteiger partial charge is 0.322 e. The van der Waals surface area contributed by atoms with Crippen LogP contribution >= 0.6 is 0 Å². The molecule has 5 heteroatoms. The summed E-state index contributed by atoms with van der Waals surface area (Å²) in [4.78, 5) is 24.9. The minimum absolute atomic E-state index is 0.172. The average molecular weight is 242 g/mol. The minimum Gasteiger partial charge on any atom is -0.465 e. The molecule has 1 amide bonds. The molecule has 17 heavy (non-hydrogen) atoms. The fourth-order valence-corrected chi connectivity index (χ4v) is 1.87. The molecule has 0 aromatic rings. The highest BCUT2D eigenvalue weighted by Crippen LogP contribution is 2.08. The Kier molecular flexibility index (Phi) is 5.97. The van der Waals surface area contributed by atoms with Crippen molar-refractivity contribution >= 4 is 11.9 Å². The second kappa shape index (κ2) is 7.27. The van der Waals surface area contributed by atoms with Gasteiger partial charge in [0.05, 0.1) is 6.61 Å². The summed E-state index contributed by atoms with van der Waals surface area (Å²) in [5.74, 6) is -0.0906. The summed E-state index contributed by atoms with van der Waals surface area (Å²) in [6, 6.07) is -0.346. The maximum atomic E-state index is 11.7. The first kappa shape index (κ1) is 14.0. The van der Waals surface area contributed by atoms with Crippen LogP contribution in [0.1, 0.15) is 33.1 Å². The summed E-state index contributed by atoms with van der Waals surface area (Å²) in [6.07, 6.45) is 2.67. The molecule has 0 aliphatic carbocycles. The van der Waals surface area contributed by atoms with Gasteiger partial charge in [-0.25, -0.2) is 0 Å². The zero-order valence-electron chi connectivity index (χ0n) is 10.7. The number of carbonyl (C=O) groups is 2. The summed E-state index contributed by atoms with van der Waals surface area (Å²) in [5.41, 5.74) is 0. The van der Waals surface area contributed by atoms with E-state index < -0.39 is 0 Å². The standard InChI is InChI=1S/C12H22N2O3/c1-3-17-12(16)10(2)13-7-6-11(15)14-8-4-5-9-14/h10,13H,3-9H2,1-2H3. The van der Waals surface area contributed by atoms with Crippen molar-refractivity contribution in [1.82, 2.24) is 10.2 Å². The zero-order chi connectivity index (χ0) is 12.7. The van der Waals surface area contributed by atoms with E-state index in [1.54, 1.807) is 13.8 Å². The second-order valence-electron chi connectivity index (χ2n) is 4.27. The molecule has 1 saturated heterocycles. The summed E-state index contributed by atoms with van der Waals surface area (Å²) in [6.45, 7) is 6.20. The Balaban J connectivity index is 2.14. The largest absolute Gasteiger partial charge is 0.465 e. The number of esters is 1. The lowest BCUT2D eigenvalue weighted by molar-refractivity contribution is -0.145. The van der Waals surface area contributed by atoms with Gasteiger partial charge in [-0.3, -0.25) is 9.59 Å². The van der Waals surface area contributed by atoms with Crippen LogP contribution in [0.2, 0.25) is 0 Å². The van der Waals surface area contributed by atoms with Crippen LogP contribution in [0.5, 0.6) is 0 Å². The van der Waals surface area contributed by atoms with Crippen LogP contribution in [-0.2, 0) is 14.3 Å². The highest BCUT2D eigenvalue weighted by molar-refractivity contribution is 5.77. The number of rotatable bonds is 6. The molecule has 0 aromatic carbocycles. The van der Waals surface area contributed by atoms with Crippen molar-refractivity contribution in [2.45, 2.75) is 39.2 Å². The van der Waals surface area contributed by atoms with Gasteiger partial charge in [-0.2, -0.15) is 0 Å². The van der Waals surface area contributed by atoms with Crippen molar-refractivity contribution in [2.75, 3.05) is 26.2 Å². The number of nitrogens with zero attached hydrogens (tertiary/aromatic N) is 1. The molecule has 0 bridgehead atoms. The van der Waals surface area contributed by atoms with E-state index in [2.05, 4.69) is 5.32 Å². The molecular formula is C12H22N2O3. The van der Waals surface area contributed by atoms with Crippen molar-refractivity contribution < 1.29 is 14.3 Å². The lowest BCUT2D eigenvalue weighted by Crippen LogP contribution is -2.38. The van der Waals surface area contributed by atoms with Gasteiger partial charge in [0.2, 0.25) is 5.91 Å². The van der Waals surface area contributed by atoms with Crippen molar-refractivity contribution in [2.24, 2.45) is 0 Å². The molecule has 1 aliphatic rings. The number of ether oxygens (including phenoxy) is 1. The van der Waals surface area contributed by atoms with Gasteiger partial charge in [0.15, 0.2) is 0 Å². The number of hydrogen-bond acceptors (Lipinski definition) is 4. The van der Waals surface area contributed by atoms with Crippen LogP contribution in [0.15, 0.2) is 0 Å². The predicted octanol–water partition coefficient (Wildman–Crippen LogP) is 0.540. The monoisotopic (exact) mass is 242 g/mol. The Morgan fingerprint density at radius 3 is 2.59 bits per heavy atom. The third-order valence-corrected chi connectivity index (χ3v) is 2.89. The van der Waals surface area contributed by atoms with Crippen LogP contribution < -0.4 is 5.32 Å². The van der Waals surface area contributed by atoms with Crippen LogP contribution in [0.4, 0.5) is 0 Å². The summed E-state index contributed by atoms with van der Waals surface area (Å²) in [5, 5.41) is 3.00. The second-order valence-corrected chi connectivity index (χ2v) is 4.27.